The van der Waals surface area contributed by atoms with E-state index in [0.717, 1.165) is 17.4 Å². The maximum absolute atomic E-state index is 11.1. The predicted octanol–water partition coefficient (Wildman–Crippen LogP) is 4.10. The first kappa shape index (κ1) is 15.8. The molecule has 0 aromatic heterocycles. The Bertz CT molecular complexity index is 446. The first-order chi connectivity index (χ1) is 8.19. The summed E-state index contributed by atoms with van der Waals surface area (Å²) in [7, 11) is 3.77. The number of ether oxygens (including phenoxy) is 1. The molecular formula is C11H12Cl3NO2S. The highest BCUT2D eigenvalue weighted by atomic mass is 35.6. The van der Waals surface area contributed by atoms with Crippen LogP contribution < -0.4 is 9.64 Å². The Balaban J connectivity index is 3.12. The molecule has 0 N–H and O–H groups in total. The van der Waals surface area contributed by atoms with Crippen molar-refractivity contribution in [1.29, 1.82) is 0 Å². The number of carbonyl (C=O) groups excluding carboxylic acids is 1. The summed E-state index contributed by atoms with van der Waals surface area (Å²) in [5, 5.41) is 0. The maximum Gasteiger partial charge on any atom is 0.308 e. The van der Waals surface area contributed by atoms with Crippen molar-refractivity contribution in [3.05, 3.63) is 18.2 Å². The van der Waals surface area contributed by atoms with Crippen LogP contribution in [0.2, 0.25) is 0 Å². The standard InChI is InChI=1S/C11H12Cl3NO2S/c1-7(16)17-9-6-8(15(2)3)4-5-10(9)18-11(12,13)14/h4-6H,1-3H3. The second-order valence-corrected chi connectivity index (χ2v) is 7.88. The first-order valence-corrected chi connectivity index (χ1v) is 6.89. The second-order valence-electron chi connectivity index (χ2n) is 3.67. The van der Waals surface area contributed by atoms with E-state index in [1.165, 1.54) is 6.92 Å². The molecule has 18 heavy (non-hydrogen) atoms. The Morgan fingerprint density at radius 1 is 1.33 bits per heavy atom. The van der Waals surface area contributed by atoms with Gasteiger partial charge in [0, 0.05) is 32.8 Å². The number of anilines is 1. The van der Waals surface area contributed by atoms with E-state index in [1.807, 2.05) is 25.1 Å². The summed E-state index contributed by atoms with van der Waals surface area (Å²) in [4.78, 5) is 13.5. The van der Waals surface area contributed by atoms with Crippen LogP contribution in [0, 0.1) is 0 Å². The van der Waals surface area contributed by atoms with Crippen LogP contribution >= 0.6 is 46.6 Å². The van der Waals surface area contributed by atoms with Crippen LogP contribution in [-0.4, -0.2) is 23.2 Å². The van der Waals surface area contributed by atoms with Crippen molar-refractivity contribution in [2.45, 2.75) is 14.9 Å². The molecule has 1 rings (SSSR count). The van der Waals surface area contributed by atoms with Crippen LogP contribution in [0.4, 0.5) is 5.69 Å². The highest BCUT2D eigenvalue weighted by Gasteiger charge is 2.24. The third kappa shape index (κ3) is 5.14. The van der Waals surface area contributed by atoms with Gasteiger partial charge >= 0.3 is 5.97 Å². The fourth-order valence-electron chi connectivity index (χ4n) is 1.22. The van der Waals surface area contributed by atoms with Crippen molar-refractivity contribution < 1.29 is 9.53 Å². The maximum atomic E-state index is 11.1. The molecule has 0 radical (unpaired) electrons. The van der Waals surface area contributed by atoms with Gasteiger partial charge in [0.25, 0.3) is 0 Å². The number of carbonyl (C=O) groups is 1. The zero-order chi connectivity index (χ0) is 13.9. The third-order valence-electron chi connectivity index (χ3n) is 1.92. The van der Waals surface area contributed by atoms with Crippen LogP contribution in [0.15, 0.2) is 23.1 Å². The van der Waals surface area contributed by atoms with Gasteiger partial charge in [-0.1, -0.05) is 46.6 Å². The number of rotatable bonds is 3. The fourth-order valence-corrected chi connectivity index (χ4v) is 2.55. The van der Waals surface area contributed by atoms with Crippen LogP contribution in [0.5, 0.6) is 5.75 Å². The largest absolute Gasteiger partial charge is 0.425 e. The Kier molecular flexibility index (Phi) is 5.46. The number of benzene rings is 1. The SMILES string of the molecule is CC(=O)Oc1cc(N(C)C)ccc1SC(Cl)(Cl)Cl. The summed E-state index contributed by atoms with van der Waals surface area (Å²) in [5.74, 6) is -0.0397. The van der Waals surface area contributed by atoms with Crippen molar-refractivity contribution in [3.63, 3.8) is 0 Å². The number of esters is 1. The van der Waals surface area contributed by atoms with Gasteiger partial charge in [-0.05, 0) is 12.1 Å². The molecular weight excluding hydrogens is 317 g/mol. The van der Waals surface area contributed by atoms with Gasteiger partial charge in [-0.2, -0.15) is 0 Å². The summed E-state index contributed by atoms with van der Waals surface area (Å²) in [5.41, 5.74) is 0.889. The zero-order valence-corrected chi connectivity index (χ0v) is 13.1. The summed E-state index contributed by atoms with van der Waals surface area (Å²) in [6.07, 6.45) is 0. The van der Waals surface area contributed by atoms with Crippen molar-refractivity contribution in [2.75, 3.05) is 19.0 Å². The van der Waals surface area contributed by atoms with Crippen LogP contribution in [0.1, 0.15) is 6.92 Å². The average molecular weight is 329 g/mol. The Morgan fingerprint density at radius 3 is 2.39 bits per heavy atom. The molecule has 0 unspecified atom stereocenters. The number of hydrogen-bond donors (Lipinski definition) is 0. The third-order valence-corrected chi connectivity index (χ3v) is 3.41. The topological polar surface area (TPSA) is 29.5 Å². The Hall–Kier alpha value is -0.290. The van der Waals surface area contributed by atoms with E-state index in [2.05, 4.69) is 0 Å². The highest BCUT2D eigenvalue weighted by Crippen LogP contribution is 2.47. The second kappa shape index (κ2) is 6.24. The first-order valence-electron chi connectivity index (χ1n) is 4.94. The smallest absolute Gasteiger partial charge is 0.308 e. The van der Waals surface area contributed by atoms with Gasteiger partial charge in [0.05, 0.1) is 4.90 Å². The van der Waals surface area contributed by atoms with Crippen LogP contribution in [-0.2, 0) is 4.79 Å². The van der Waals surface area contributed by atoms with Crippen molar-refractivity contribution in [1.82, 2.24) is 0 Å². The molecule has 0 heterocycles. The molecule has 0 amide bonds. The van der Waals surface area contributed by atoms with Gasteiger partial charge < -0.3 is 9.64 Å². The molecule has 0 aliphatic carbocycles. The minimum absolute atomic E-state index is 0.380. The lowest BCUT2D eigenvalue weighted by molar-refractivity contribution is -0.132. The van der Waals surface area contributed by atoms with Gasteiger partial charge in [-0.15, -0.1) is 0 Å². The van der Waals surface area contributed by atoms with Gasteiger partial charge in [0.15, 0.2) is 0 Å². The molecule has 7 heteroatoms. The quantitative estimate of drug-likeness (QED) is 0.362. The monoisotopic (exact) mass is 327 g/mol. The lowest BCUT2D eigenvalue weighted by Crippen LogP contribution is -2.10. The molecule has 1 aromatic rings. The van der Waals surface area contributed by atoms with Crippen molar-refractivity contribution in [3.8, 4) is 5.75 Å². The molecule has 0 fully saturated rings. The number of hydrogen-bond acceptors (Lipinski definition) is 4. The van der Waals surface area contributed by atoms with E-state index in [1.54, 1.807) is 12.1 Å². The lowest BCUT2D eigenvalue weighted by Gasteiger charge is -2.17. The summed E-state index contributed by atoms with van der Waals surface area (Å²) in [6, 6.07) is 5.33. The predicted molar refractivity (Wildman–Crippen MR) is 78.2 cm³/mol. The van der Waals surface area contributed by atoms with E-state index in [9.17, 15) is 4.79 Å². The Morgan fingerprint density at radius 2 is 1.94 bits per heavy atom. The van der Waals surface area contributed by atoms with Crippen LogP contribution in [0.3, 0.4) is 0 Å². The normalized spacial score (nSPS) is 11.2. The molecule has 0 aliphatic rings. The summed E-state index contributed by atoms with van der Waals surface area (Å²) in [6.45, 7) is 1.33. The lowest BCUT2D eigenvalue weighted by atomic mass is 10.3. The molecule has 3 nitrogen and oxygen atoms in total. The highest BCUT2D eigenvalue weighted by molar-refractivity contribution is 8.04. The van der Waals surface area contributed by atoms with Crippen molar-refractivity contribution in [2.24, 2.45) is 0 Å². The van der Waals surface area contributed by atoms with Gasteiger partial charge in [0.1, 0.15) is 5.75 Å². The molecule has 0 aliphatic heterocycles. The molecule has 0 saturated carbocycles. The fraction of sp³-hybridized carbons (Fsp3) is 0.364. The van der Waals surface area contributed by atoms with Crippen LogP contribution in [0.25, 0.3) is 0 Å². The van der Waals surface area contributed by atoms with E-state index in [-0.39, 0.29) is 0 Å². The van der Waals surface area contributed by atoms with Gasteiger partial charge in [-0.3, -0.25) is 4.79 Å². The van der Waals surface area contributed by atoms with E-state index in [4.69, 9.17) is 39.5 Å². The van der Waals surface area contributed by atoms with Gasteiger partial charge in [-0.25, -0.2) is 0 Å². The number of nitrogens with zero attached hydrogens (tertiary/aromatic N) is 1. The minimum atomic E-state index is -1.51. The van der Waals surface area contributed by atoms with E-state index >= 15 is 0 Å². The molecule has 0 saturated heterocycles. The molecule has 1 aromatic carbocycles. The molecule has 0 spiro atoms. The summed E-state index contributed by atoms with van der Waals surface area (Å²) < 4.78 is 3.61. The molecule has 0 bridgehead atoms. The number of alkyl halides is 3. The zero-order valence-electron chi connectivity index (χ0n) is 10.0. The number of halogens is 3. The Labute approximate surface area is 125 Å². The van der Waals surface area contributed by atoms with Gasteiger partial charge in [0.2, 0.25) is 3.12 Å². The average Bonchev–Trinajstić information content (AvgIpc) is 2.17. The van der Waals surface area contributed by atoms with E-state index < -0.39 is 9.09 Å². The van der Waals surface area contributed by atoms with E-state index in [0.29, 0.717) is 10.6 Å². The number of thioether (sulfide) groups is 1. The van der Waals surface area contributed by atoms with Crippen molar-refractivity contribution >= 4 is 58.2 Å². The molecule has 0 atom stereocenters. The minimum Gasteiger partial charge on any atom is -0.425 e. The molecule has 100 valence electrons. The summed E-state index contributed by atoms with van der Waals surface area (Å²) >= 11 is 18.2.